The van der Waals surface area contributed by atoms with Crippen molar-refractivity contribution in [3.8, 4) is 11.3 Å². The smallest absolute Gasteiger partial charge is 0.228 e. The molecule has 34 heavy (non-hydrogen) atoms. The van der Waals surface area contributed by atoms with E-state index in [2.05, 4.69) is 52.8 Å². The van der Waals surface area contributed by atoms with Gasteiger partial charge in [0, 0.05) is 73.0 Å². The summed E-state index contributed by atoms with van der Waals surface area (Å²) in [6.45, 7) is 14.2. The second-order valence-electron chi connectivity index (χ2n) is 10.7. The molecule has 0 atom stereocenters. The molecule has 0 spiro atoms. The number of hydrogen-bond acceptors (Lipinski definition) is 9. The molecule has 2 fully saturated rings. The first-order valence-corrected chi connectivity index (χ1v) is 12.0. The van der Waals surface area contributed by atoms with Crippen LogP contribution in [0.15, 0.2) is 12.4 Å². The Morgan fingerprint density at radius 3 is 2.35 bits per heavy atom. The molecule has 5 rings (SSSR count). The molecule has 10 nitrogen and oxygen atoms in total. The predicted molar refractivity (Wildman–Crippen MR) is 131 cm³/mol. The van der Waals surface area contributed by atoms with Crippen LogP contribution < -0.4 is 20.9 Å². The SMILES string of the molecule is CC(=O)N[C@H]1C(C)(C)[C@@H](N2CCc3c(-c4cnc(N)nc4)nc(N4CCOCC4)nc32)C1(C)C. The first kappa shape index (κ1) is 22.8. The molecule has 182 valence electrons. The Bertz CT molecular complexity index is 1080. The van der Waals surface area contributed by atoms with E-state index < -0.39 is 0 Å². The zero-order valence-electron chi connectivity index (χ0n) is 20.6. The van der Waals surface area contributed by atoms with Gasteiger partial charge in [-0.15, -0.1) is 0 Å². The number of carbonyl (C=O) groups is 1. The quantitative estimate of drug-likeness (QED) is 0.692. The van der Waals surface area contributed by atoms with Gasteiger partial charge in [-0.2, -0.15) is 4.98 Å². The molecule has 1 amide bonds. The van der Waals surface area contributed by atoms with Gasteiger partial charge in [0.2, 0.25) is 17.8 Å². The van der Waals surface area contributed by atoms with Gasteiger partial charge in [0.15, 0.2) is 0 Å². The standard InChI is InChI=1S/C24H34N8O2/c1-14(33)28-19-23(2,3)20(24(19,4)5)32-7-6-16-17(15-12-26-21(25)27-13-15)29-22(30-18(16)32)31-8-10-34-11-9-31/h12-13,19-20H,6-11H2,1-5H3,(H,28,33)(H2,25,26,27)/t19-,20+. The highest BCUT2D eigenvalue weighted by Crippen LogP contribution is 2.58. The molecule has 1 aliphatic carbocycles. The van der Waals surface area contributed by atoms with Crippen LogP contribution in [0.25, 0.3) is 11.3 Å². The highest BCUT2D eigenvalue weighted by molar-refractivity contribution is 5.75. The fraction of sp³-hybridized carbons (Fsp3) is 0.625. The zero-order chi connectivity index (χ0) is 24.3. The Hall–Kier alpha value is -3.01. The number of nitrogen functional groups attached to an aromatic ring is 1. The van der Waals surface area contributed by atoms with E-state index in [1.54, 1.807) is 19.3 Å². The molecule has 0 aromatic carbocycles. The van der Waals surface area contributed by atoms with E-state index in [0.29, 0.717) is 19.2 Å². The molecule has 2 aromatic heterocycles. The third kappa shape index (κ3) is 3.55. The zero-order valence-corrected chi connectivity index (χ0v) is 20.6. The van der Waals surface area contributed by atoms with Crippen molar-refractivity contribution in [3.63, 3.8) is 0 Å². The molecular weight excluding hydrogens is 432 g/mol. The Morgan fingerprint density at radius 2 is 1.74 bits per heavy atom. The fourth-order valence-corrected chi connectivity index (χ4v) is 6.64. The number of nitrogens with one attached hydrogen (secondary N) is 1. The van der Waals surface area contributed by atoms with Crippen LogP contribution in [0, 0.1) is 10.8 Å². The van der Waals surface area contributed by atoms with Crippen LogP contribution in [0.1, 0.15) is 40.2 Å². The normalized spacial score (nSPS) is 25.0. The number of hydrogen-bond donors (Lipinski definition) is 2. The Balaban J connectivity index is 1.59. The molecule has 2 aliphatic heterocycles. The number of aromatic nitrogens is 4. The molecule has 1 saturated carbocycles. The summed E-state index contributed by atoms with van der Waals surface area (Å²) in [7, 11) is 0. The molecule has 3 aliphatic rings. The number of ether oxygens (including phenoxy) is 1. The largest absolute Gasteiger partial charge is 0.378 e. The van der Waals surface area contributed by atoms with Gasteiger partial charge < -0.3 is 25.6 Å². The van der Waals surface area contributed by atoms with Crippen LogP contribution in [0.2, 0.25) is 0 Å². The van der Waals surface area contributed by atoms with Gasteiger partial charge in [-0.05, 0) is 6.42 Å². The third-order valence-electron chi connectivity index (χ3n) is 7.64. The van der Waals surface area contributed by atoms with Crippen molar-refractivity contribution in [1.82, 2.24) is 25.3 Å². The summed E-state index contributed by atoms with van der Waals surface area (Å²) in [5.41, 5.74) is 8.32. The molecule has 3 N–H and O–H groups in total. The third-order valence-corrected chi connectivity index (χ3v) is 7.64. The number of morpholine rings is 1. The summed E-state index contributed by atoms with van der Waals surface area (Å²) in [4.78, 5) is 35.0. The number of rotatable bonds is 4. The second kappa shape index (κ2) is 8.04. The average molecular weight is 467 g/mol. The van der Waals surface area contributed by atoms with Gasteiger partial charge in [-0.1, -0.05) is 27.7 Å². The summed E-state index contributed by atoms with van der Waals surface area (Å²) < 4.78 is 5.55. The van der Waals surface area contributed by atoms with Crippen LogP contribution in [-0.2, 0) is 16.0 Å². The van der Waals surface area contributed by atoms with Gasteiger partial charge in [-0.25, -0.2) is 15.0 Å². The van der Waals surface area contributed by atoms with E-state index in [0.717, 1.165) is 48.7 Å². The molecule has 10 heteroatoms. The monoisotopic (exact) mass is 466 g/mol. The lowest BCUT2D eigenvalue weighted by molar-refractivity contribution is -0.130. The van der Waals surface area contributed by atoms with Crippen molar-refractivity contribution in [3.05, 3.63) is 18.0 Å². The molecular formula is C24H34N8O2. The Kier molecular flexibility index (Phi) is 5.38. The Labute approximate surface area is 200 Å². The molecule has 4 heterocycles. The molecule has 0 radical (unpaired) electrons. The van der Waals surface area contributed by atoms with Gasteiger partial charge in [0.1, 0.15) is 5.82 Å². The summed E-state index contributed by atoms with van der Waals surface area (Å²) >= 11 is 0. The Morgan fingerprint density at radius 1 is 1.09 bits per heavy atom. The minimum absolute atomic E-state index is 0.00832. The van der Waals surface area contributed by atoms with E-state index in [4.69, 9.17) is 20.4 Å². The minimum atomic E-state index is -0.120. The summed E-state index contributed by atoms with van der Waals surface area (Å²) in [6.07, 6.45) is 4.31. The maximum Gasteiger partial charge on any atom is 0.228 e. The molecule has 0 bridgehead atoms. The van der Waals surface area contributed by atoms with Crippen molar-refractivity contribution in [2.45, 2.75) is 53.1 Å². The number of anilines is 3. The van der Waals surface area contributed by atoms with Crippen LogP contribution in [0.5, 0.6) is 0 Å². The molecule has 1 saturated heterocycles. The van der Waals surface area contributed by atoms with Gasteiger partial charge >= 0.3 is 0 Å². The molecule has 2 aromatic rings. The minimum Gasteiger partial charge on any atom is -0.378 e. The van der Waals surface area contributed by atoms with Crippen LogP contribution in [0.3, 0.4) is 0 Å². The lowest BCUT2D eigenvalue weighted by Gasteiger charge is -2.66. The van der Waals surface area contributed by atoms with Crippen LogP contribution in [0.4, 0.5) is 17.7 Å². The number of carbonyl (C=O) groups excluding carboxylic acids is 1. The van der Waals surface area contributed by atoms with Crippen molar-refractivity contribution < 1.29 is 9.53 Å². The predicted octanol–water partition coefficient (Wildman–Crippen LogP) is 1.65. The number of fused-ring (bicyclic) bond motifs is 1. The maximum absolute atomic E-state index is 11.9. The van der Waals surface area contributed by atoms with E-state index >= 15 is 0 Å². The van der Waals surface area contributed by atoms with Crippen molar-refractivity contribution >= 4 is 23.6 Å². The van der Waals surface area contributed by atoms with E-state index in [9.17, 15) is 4.79 Å². The highest BCUT2D eigenvalue weighted by atomic mass is 16.5. The average Bonchev–Trinajstić information content (AvgIpc) is 3.20. The van der Waals surface area contributed by atoms with Gasteiger partial charge in [0.05, 0.1) is 18.9 Å². The topological polar surface area (TPSA) is 122 Å². The lowest BCUT2D eigenvalue weighted by atomic mass is 9.47. The van der Waals surface area contributed by atoms with Crippen molar-refractivity contribution in [2.24, 2.45) is 10.8 Å². The maximum atomic E-state index is 11.9. The first-order valence-electron chi connectivity index (χ1n) is 12.0. The van der Waals surface area contributed by atoms with Crippen molar-refractivity contribution in [2.75, 3.05) is 48.4 Å². The van der Waals surface area contributed by atoms with Crippen molar-refractivity contribution in [1.29, 1.82) is 0 Å². The second-order valence-corrected chi connectivity index (χ2v) is 10.7. The number of nitrogens with zero attached hydrogens (tertiary/aromatic N) is 6. The summed E-state index contributed by atoms with van der Waals surface area (Å²) in [5, 5.41) is 3.19. The van der Waals surface area contributed by atoms with E-state index in [1.165, 1.54) is 0 Å². The van der Waals surface area contributed by atoms with E-state index in [-0.39, 0.29) is 34.8 Å². The van der Waals surface area contributed by atoms with E-state index in [1.807, 2.05) is 0 Å². The highest BCUT2D eigenvalue weighted by Gasteiger charge is 2.64. The lowest BCUT2D eigenvalue weighted by Crippen LogP contribution is -2.77. The number of amides is 1. The number of nitrogens with two attached hydrogens (primary N) is 1. The van der Waals surface area contributed by atoms with Crippen LogP contribution >= 0.6 is 0 Å². The van der Waals surface area contributed by atoms with Gasteiger partial charge in [0.25, 0.3) is 0 Å². The van der Waals surface area contributed by atoms with Gasteiger partial charge in [-0.3, -0.25) is 4.79 Å². The summed E-state index contributed by atoms with van der Waals surface area (Å²) in [6, 6.07) is 0.290. The fourth-order valence-electron chi connectivity index (χ4n) is 6.64. The van der Waals surface area contributed by atoms with Crippen LogP contribution in [-0.4, -0.2) is 70.8 Å². The summed E-state index contributed by atoms with van der Waals surface area (Å²) in [5.74, 6) is 1.92. The molecule has 0 unspecified atom stereocenters. The first-order chi connectivity index (χ1) is 16.1.